The molecule has 0 bridgehead atoms. The van der Waals surface area contributed by atoms with Gasteiger partial charge in [0.1, 0.15) is 33.6 Å². The molecule has 10 nitrogen and oxygen atoms in total. The fourth-order valence-corrected chi connectivity index (χ4v) is 5.43. The number of nitrogens with one attached hydrogen (secondary N) is 2. The number of H-pyrrole nitrogens is 1. The summed E-state index contributed by atoms with van der Waals surface area (Å²) in [4.78, 5) is 15.4. The van der Waals surface area contributed by atoms with E-state index in [1.54, 1.807) is 0 Å². The van der Waals surface area contributed by atoms with Gasteiger partial charge in [-0.1, -0.05) is 12.1 Å². The molecule has 4 aromatic rings. The van der Waals surface area contributed by atoms with Gasteiger partial charge in [0.15, 0.2) is 15.7 Å². The summed E-state index contributed by atoms with van der Waals surface area (Å²) < 4.78 is 90.4. The van der Waals surface area contributed by atoms with Crippen molar-refractivity contribution in [2.24, 2.45) is 5.92 Å². The van der Waals surface area contributed by atoms with Crippen molar-refractivity contribution in [3.05, 3.63) is 71.1 Å². The molecular weight excluding hydrogens is 560 g/mol. The molecule has 0 spiro atoms. The number of ether oxygens (including phenoxy) is 1. The number of pyridine rings is 1. The number of rotatable bonds is 10. The fraction of sp³-hybridized carbons (Fsp3) is 0.240. The molecule has 0 saturated carbocycles. The molecule has 15 heteroatoms. The third-order valence-corrected chi connectivity index (χ3v) is 7.71. The lowest BCUT2D eigenvalue weighted by Crippen LogP contribution is -2.32. The van der Waals surface area contributed by atoms with Crippen LogP contribution in [0, 0.1) is 29.2 Å². The second-order valence-electron chi connectivity index (χ2n) is 8.68. The normalized spacial score (nSPS) is 11.8. The van der Waals surface area contributed by atoms with E-state index < -0.39 is 83.7 Å². The highest BCUT2D eigenvalue weighted by Gasteiger charge is 2.28. The Balaban J connectivity index is 1.72. The lowest BCUT2D eigenvalue weighted by Gasteiger charge is -2.13. The summed E-state index contributed by atoms with van der Waals surface area (Å²) in [6, 6.07) is 4.48. The molecule has 2 aromatic carbocycles. The summed E-state index contributed by atoms with van der Waals surface area (Å²) in [7, 11) is -3.35. The largest absolute Gasteiger partial charge is 0.480 e. The highest BCUT2D eigenvalue weighted by atomic mass is 32.2. The molecule has 0 aliphatic carbocycles. The second-order valence-corrected chi connectivity index (χ2v) is 10.6. The van der Waals surface area contributed by atoms with E-state index >= 15 is 8.78 Å². The number of amides is 1. The second kappa shape index (κ2) is 11.6. The van der Waals surface area contributed by atoms with Crippen molar-refractivity contribution in [2.75, 3.05) is 26.9 Å². The number of fused-ring (bicyclic) bond motifs is 1. The number of hydrogen-bond acceptors (Lipinski definition) is 8. The summed E-state index contributed by atoms with van der Waals surface area (Å²) in [5, 5.41) is 26.8. The Hall–Kier alpha value is -4.08. The summed E-state index contributed by atoms with van der Waals surface area (Å²) in [5.74, 6) is -7.58. The number of aromatic amines is 1. The summed E-state index contributed by atoms with van der Waals surface area (Å²) in [5.41, 5.74) is -2.60. The molecule has 40 heavy (non-hydrogen) atoms. The molecule has 0 saturated heterocycles. The lowest BCUT2D eigenvalue weighted by molar-refractivity contribution is 0.0918. The maximum atomic E-state index is 15.6. The first-order chi connectivity index (χ1) is 19.0. The number of benzene rings is 2. The van der Waals surface area contributed by atoms with E-state index in [0.29, 0.717) is 6.07 Å². The fourth-order valence-electron chi connectivity index (χ4n) is 3.95. The number of sulfone groups is 1. The highest BCUT2D eigenvalue weighted by molar-refractivity contribution is 7.90. The van der Waals surface area contributed by atoms with Gasteiger partial charge < -0.3 is 20.3 Å². The van der Waals surface area contributed by atoms with Crippen molar-refractivity contribution >= 4 is 26.6 Å². The van der Waals surface area contributed by atoms with Gasteiger partial charge in [-0.2, -0.15) is 5.10 Å². The summed E-state index contributed by atoms with van der Waals surface area (Å²) in [6.45, 7) is -0.859. The molecule has 0 radical (unpaired) electrons. The standard InChI is InChI=1S/C25H22F4N4O6S/c1-39-25-18(6-14(26)8-31-25)40(37,38)11-13-2-5-17(27)19(20(13)28)15-3-4-16-22(21(15)29)32-33-23(16)24(36)30-7-12(9-34)10-35/h2-6,8,12,34-35H,7,9-11H2,1H3,(H,30,36)(H,32,33). The van der Waals surface area contributed by atoms with E-state index in [9.17, 15) is 22.0 Å². The number of carbonyl (C=O) groups excluding carboxylic acids is 1. The molecule has 0 atom stereocenters. The molecule has 212 valence electrons. The van der Waals surface area contributed by atoms with E-state index in [2.05, 4.69) is 20.5 Å². The monoisotopic (exact) mass is 582 g/mol. The van der Waals surface area contributed by atoms with Gasteiger partial charge in [0, 0.05) is 42.2 Å². The highest BCUT2D eigenvalue weighted by Crippen LogP contribution is 2.35. The Morgan fingerprint density at radius 3 is 2.50 bits per heavy atom. The van der Waals surface area contributed by atoms with Crippen LogP contribution in [-0.2, 0) is 15.6 Å². The van der Waals surface area contributed by atoms with Gasteiger partial charge in [-0.25, -0.2) is 31.0 Å². The first kappa shape index (κ1) is 28.9. The van der Waals surface area contributed by atoms with Gasteiger partial charge in [-0.15, -0.1) is 0 Å². The van der Waals surface area contributed by atoms with Gasteiger partial charge in [-0.3, -0.25) is 9.89 Å². The molecule has 1 amide bonds. The molecule has 0 fully saturated rings. The zero-order chi connectivity index (χ0) is 29.2. The maximum Gasteiger partial charge on any atom is 0.269 e. The lowest BCUT2D eigenvalue weighted by atomic mass is 9.99. The molecule has 0 aliphatic rings. The third-order valence-electron chi connectivity index (χ3n) is 6.06. The Kier molecular flexibility index (Phi) is 8.37. The zero-order valence-electron chi connectivity index (χ0n) is 20.7. The first-order valence-corrected chi connectivity index (χ1v) is 13.2. The Morgan fingerprint density at radius 1 is 1.10 bits per heavy atom. The number of hydrogen-bond donors (Lipinski definition) is 4. The Labute approximate surface area is 224 Å². The predicted octanol–water partition coefficient (Wildman–Crippen LogP) is 2.49. The van der Waals surface area contributed by atoms with Crippen molar-refractivity contribution in [1.29, 1.82) is 0 Å². The van der Waals surface area contributed by atoms with Crippen molar-refractivity contribution in [3.63, 3.8) is 0 Å². The molecule has 4 rings (SSSR count). The smallest absolute Gasteiger partial charge is 0.269 e. The van der Waals surface area contributed by atoms with Crippen LogP contribution in [0.2, 0.25) is 0 Å². The van der Waals surface area contributed by atoms with Crippen molar-refractivity contribution in [3.8, 4) is 17.0 Å². The molecule has 0 unspecified atom stereocenters. The Morgan fingerprint density at radius 2 is 1.82 bits per heavy atom. The number of aromatic nitrogens is 3. The van der Waals surface area contributed by atoms with Crippen molar-refractivity contribution < 1.29 is 45.7 Å². The predicted molar refractivity (Wildman–Crippen MR) is 133 cm³/mol. The van der Waals surface area contributed by atoms with E-state index in [0.717, 1.165) is 31.5 Å². The van der Waals surface area contributed by atoms with Crippen LogP contribution in [0.25, 0.3) is 22.0 Å². The van der Waals surface area contributed by atoms with Gasteiger partial charge in [0.25, 0.3) is 5.91 Å². The molecular formula is C25H22F4N4O6S. The van der Waals surface area contributed by atoms with Gasteiger partial charge in [0.05, 0.1) is 24.6 Å². The number of aliphatic hydroxyl groups is 2. The topological polar surface area (TPSA) is 154 Å². The van der Waals surface area contributed by atoms with Crippen molar-refractivity contribution in [1.82, 2.24) is 20.5 Å². The minimum absolute atomic E-state index is 0.0199. The number of methoxy groups -OCH3 is 1. The van der Waals surface area contributed by atoms with Crippen LogP contribution in [0.5, 0.6) is 5.88 Å². The van der Waals surface area contributed by atoms with E-state index in [1.807, 2.05) is 0 Å². The Bertz CT molecular complexity index is 1690. The number of halogens is 4. The SMILES string of the molecule is COc1ncc(F)cc1S(=O)(=O)Cc1ccc(F)c(-c2ccc3c(C(=O)NCC(CO)CO)[nH]nc3c2F)c1F. The van der Waals surface area contributed by atoms with Crippen LogP contribution < -0.4 is 10.1 Å². The van der Waals surface area contributed by atoms with Crippen LogP contribution in [0.1, 0.15) is 16.1 Å². The summed E-state index contributed by atoms with van der Waals surface area (Å²) in [6.07, 6.45) is 0.735. The van der Waals surface area contributed by atoms with Gasteiger partial charge >= 0.3 is 0 Å². The number of nitrogens with zero attached hydrogens (tertiary/aromatic N) is 2. The average molecular weight is 583 g/mol. The molecule has 4 N–H and O–H groups in total. The van der Waals surface area contributed by atoms with Crippen LogP contribution in [0.3, 0.4) is 0 Å². The third kappa shape index (κ3) is 5.48. The minimum atomic E-state index is -4.46. The molecule has 2 heterocycles. The molecule has 0 aliphatic heterocycles. The van der Waals surface area contributed by atoms with Crippen LogP contribution in [0.4, 0.5) is 17.6 Å². The molecule has 2 aromatic heterocycles. The average Bonchev–Trinajstić information content (AvgIpc) is 3.37. The number of carbonyl (C=O) groups is 1. The maximum absolute atomic E-state index is 15.6. The summed E-state index contributed by atoms with van der Waals surface area (Å²) >= 11 is 0. The van der Waals surface area contributed by atoms with Gasteiger partial charge in [0.2, 0.25) is 5.88 Å². The van der Waals surface area contributed by atoms with Crippen LogP contribution >= 0.6 is 0 Å². The van der Waals surface area contributed by atoms with Crippen LogP contribution in [-0.4, -0.2) is 66.6 Å². The van der Waals surface area contributed by atoms with E-state index in [-0.39, 0.29) is 30.8 Å². The van der Waals surface area contributed by atoms with Crippen LogP contribution in [0.15, 0.2) is 41.4 Å². The van der Waals surface area contributed by atoms with Crippen molar-refractivity contribution in [2.45, 2.75) is 10.6 Å². The van der Waals surface area contributed by atoms with Gasteiger partial charge in [-0.05, 0) is 18.2 Å². The van der Waals surface area contributed by atoms with E-state index in [1.165, 1.54) is 6.07 Å². The van der Waals surface area contributed by atoms with E-state index in [4.69, 9.17) is 14.9 Å². The quantitative estimate of drug-likeness (QED) is 0.208. The number of aliphatic hydroxyl groups excluding tert-OH is 2. The minimum Gasteiger partial charge on any atom is -0.480 e. The first-order valence-electron chi connectivity index (χ1n) is 11.6. The zero-order valence-corrected chi connectivity index (χ0v) is 21.5.